The van der Waals surface area contributed by atoms with Crippen molar-refractivity contribution >= 4 is 23.9 Å². The number of hydrogen-bond donors (Lipinski definition) is 2. The molecule has 0 aliphatic heterocycles. The van der Waals surface area contributed by atoms with E-state index in [4.69, 9.17) is 14.3 Å². The Kier molecular flexibility index (Phi) is 14.2. The molecule has 0 aliphatic carbocycles. The first-order valence-electron chi connectivity index (χ1n) is 13.6. The summed E-state index contributed by atoms with van der Waals surface area (Å²) in [7, 11) is 1.25. The van der Waals surface area contributed by atoms with Gasteiger partial charge < -0.3 is 19.7 Å². The van der Waals surface area contributed by atoms with Crippen molar-refractivity contribution in [2.75, 3.05) is 20.3 Å². The summed E-state index contributed by atoms with van der Waals surface area (Å²) in [5.74, 6) is -1.29. The second-order valence-corrected chi connectivity index (χ2v) is 9.57. The van der Waals surface area contributed by atoms with Gasteiger partial charge in [0.2, 0.25) is 5.91 Å². The van der Waals surface area contributed by atoms with Gasteiger partial charge in [0, 0.05) is 25.6 Å². The van der Waals surface area contributed by atoms with Crippen molar-refractivity contribution in [3.05, 3.63) is 70.8 Å². The summed E-state index contributed by atoms with van der Waals surface area (Å²) in [5.41, 5.74) is 4.20. The highest BCUT2D eigenvalue weighted by Crippen LogP contribution is 2.18. The number of unbranched alkanes of at least 4 members (excludes halogenated alkanes) is 2. The Morgan fingerprint density at radius 3 is 2.35 bits per heavy atom. The highest BCUT2D eigenvalue weighted by molar-refractivity contribution is 6.05. The zero-order valence-corrected chi connectivity index (χ0v) is 23.9. The summed E-state index contributed by atoms with van der Waals surface area (Å²) in [5, 5.41) is 2.79. The molecule has 10 nitrogen and oxygen atoms in total. The van der Waals surface area contributed by atoms with Gasteiger partial charge in [-0.1, -0.05) is 49.7 Å². The van der Waals surface area contributed by atoms with Crippen LogP contribution in [0.1, 0.15) is 84.7 Å². The molecule has 40 heavy (non-hydrogen) atoms. The van der Waals surface area contributed by atoms with E-state index in [1.807, 2.05) is 51.1 Å². The Morgan fingerprint density at radius 2 is 1.68 bits per heavy atom. The number of hydrogen-bond acceptors (Lipinski definition) is 7. The Morgan fingerprint density at radius 1 is 0.925 bits per heavy atom. The minimum absolute atomic E-state index is 0.0995. The van der Waals surface area contributed by atoms with Crippen LogP contribution in [0.4, 0.5) is 4.79 Å². The second-order valence-electron chi connectivity index (χ2n) is 9.57. The van der Waals surface area contributed by atoms with Crippen LogP contribution in [0, 0.1) is 0 Å². The zero-order chi connectivity index (χ0) is 29.3. The molecule has 3 amide bonds. The van der Waals surface area contributed by atoms with Crippen LogP contribution >= 0.6 is 0 Å². The average molecular weight is 556 g/mol. The van der Waals surface area contributed by atoms with Gasteiger partial charge in [-0.2, -0.15) is 0 Å². The Labute approximate surface area is 236 Å². The number of rotatable bonds is 16. The Balaban J connectivity index is 1.96. The average Bonchev–Trinajstić information content (AvgIpc) is 2.96. The quantitative estimate of drug-likeness (QED) is 0.174. The summed E-state index contributed by atoms with van der Waals surface area (Å²) < 4.78 is 10.4. The SMILES string of the molecule is CCCCONC(=O)CCCCNC(=O)c1ccc(CN(C(=O)OCc2ccccc2)C(C)C)cc1C(=O)OC. The molecule has 0 saturated carbocycles. The lowest BCUT2D eigenvalue weighted by Gasteiger charge is -2.26. The van der Waals surface area contributed by atoms with E-state index in [1.54, 1.807) is 23.1 Å². The maximum atomic E-state index is 12.9. The summed E-state index contributed by atoms with van der Waals surface area (Å²) in [6.07, 6.45) is 2.80. The number of esters is 1. The highest BCUT2D eigenvalue weighted by Gasteiger charge is 2.22. The van der Waals surface area contributed by atoms with Crippen LogP contribution in [0.3, 0.4) is 0 Å². The van der Waals surface area contributed by atoms with Crippen LogP contribution in [0.15, 0.2) is 48.5 Å². The number of benzene rings is 2. The number of nitrogens with zero attached hydrogens (tertiary/aromatic N) is 1. The summed E-state index contributed by atoms with van der Waals surface area (Å²) in [6.45, 7) is 6.92. The van der Waals surface area contributed by atoms with Gasteiger partial charge in [-0.15, -0.1) is 0 Å². The molecule has 0 heterocycles. The maximum absolute atomic E-state index is 12.9. The molecule has 0 aromatic heterocycles. The largest absolute Gasteiger partial charge is 0.465 e. The lowest BCUT2D eigenvalue weighted by Crippen LogP contribution is -2.37. The van der Waals surface area contributed by atoms with Crippen molar-refractivity contribution < 1.29 is 33.5 Å². The third-order valence-corrected chi connectivity index (χ3v) is 6.05. The molecule has 2 aromatic rings. The van der Waals surface area contributed by atoms with Crippen molar-refractivity contribution in [1.82, 2.24) is 15.7 Å². The number of hydroxylamine groups is 1. The molecule has 0 fully saturated rings. The van der Waals surface area contributed by atoms with E-state index in [0.717, 1.165) is 18.4 Å². The van der Waals surface area contributed by atoms with E-state index in [-0.39, 0.29) is 42.6 Å². The van der Waals surface area contributed by atoms with Crippen LogP contribution in [-0.2, 0) is 32.3 Å². The van der Waals surface area contributed by atoms with Crippen molar-refractivity contribution in [2.45, 2.75) is 72.1 Å². The molecular weight excluding hydrogens is 514 g/mol. The molecule has 0 bridgehead atoms. The molecule has 0 saturated heterocycles. The third kappa shape index (κ3) is 11.1. The number of methoxy groups -OCH3 is 1. The summed E-state index contributed by atoms with van der Waals surface area (Å²) in [4.78, 5) is 56.6. The van der Waals surface area contributed by atoms with Crippen LogP contribution in [0.25, 0.3) is 0 Å². The van der Waals surface area contributed by atoms with E-state index < -0.39 is 18.0 Å². The normalized spacial score (nSPS) is 10.6. The van der Waals surface area contributed by atoms with Gasteiger partial charge >= 0.3 is 12.1 Å². The van der Waals surface area contributed by atoms with E-state index in [2.05, 4.69) is 10.8 Å². The monoisotopic (exact) mass is 555 g/mol. The molecule has 0 aliphatic rings. The smallest absolute Gasteiger partial charge is 0.410 e. The van der Waals surface area contributed by atoms with Gasteiger partial charge in [0.1, 0.15) is 6.61 Å². The van der Waals surface area contributed by atoms with Crippen LogP contribution < -0.4 is 10.8 Å². The van der Waals surface area contributed by atoms with Crippen molar-refractivity contribution in [3.63, 3.8) is 0 Å². The van der Waals surface area contributed by atoms with E-state index >= 15 is 0 Å². The van der Waals surface area contributed by atoms with Crippen molar-refractivity contribution in [2.24, 2.45) is 0 Å². The minimum atomic E-state index is -0.658. The first-order chi connectivity index (χ1) is 19.3. The molecule has 2 N–H and O–H groups in total. The highest BCUT2D eigenvalue weighted by atomic mass is 16.6. The van der Waals surface area contributed by atoms with Gasteiger partial charge in [-0.3, -0.25) is 14.4 Å². The number of amides is 3. The summed E-state index contributed by atoms with van der Waals surface area (Å²) >= 11 is 0. The van der Waals surface area contributed by atoms with Crippen LogP contribution in [0.5, 0.6) is 0 Å². The molecular formula is C30H41N3O7. The Hall–Kier alpha value is -3.92. The Bertz CT molecular complexity index is 1110. The lowest BCUT2D eigenvalue weighted by molar-refractivity contribution is -0.133. The molecule has 10 heteroatoms. The van der Waals surface area contributed by atoms with E-state index in [0.29, 0.717) is 31.6 Å². The van der Waals surface area contributed by atoms with E-state index in [1.165, 1.54) is 7.11 Å². The molecule has 0 atom stereocenters. The van der Waals surface area contributed by atoms with Crippen molar-refractivity contribution in [1.29, 1.82) is 0 Å². The number of ether oxygens (including phenoxy) is 2. The number of nitrogens with one attached hydrogen (secondary N) is 2. The molecule has 218 valence electrons. The molecule has 2 aromatic carbocycles. The van der Waals surface area contributed by atoms with Gasteiger partial charge in [0.05, 0.1) is 24.8 Å². The predicted octanol–water partition coefficient (Wildman–Crippen LogP) is 4.77. The van der Waals surface area contributed by atoms with Crippen molar-refractivity contribution in [3.8, 4) is 0 Å². The van der Waals surface area contributed by atoms with Gasteiger partial charge in [0.25, 0.3) is 5.91 Å². The molecule has 0 radical (unpaired) electrons. The lowest BCUT2D eigenvalue weighted by atomic mass is 10.0. The fraction of sp³-hybridized carbons (Fsp3) is 0.467. The van der Waals surface area contributed by atoms with Gasteiger partial charge in [-0.05, 0) is 56.4 Å². The fourth-order valence-corrected chi connectivity index (χ4v) is 3.73. The first-order valence-corrected chi connectivity index (χ1v) is 13.6. The van der Waals surface area contributed by atoms with Crippen LogP contribution in [0.2, 0.25) is 0 Å². The minimum Gasteiger partial charge on any atom is -0.465 e. The zero-order valence-electron chi connectivity index (χ0n) is 23.9. The van der Waals surface area contributed by atoms with Crippen LogP contribution in [-0.4, -0.2) is 55.1 Å². The molecule has 2 rings (SSSR count). The first kappa shape index (κ1) is 32.3. The second kappa shape index (κ2) is 17.6. The molecule has 0 spiro atoms. The van der Waals surface area contributed by atoms with E-state index in [9.17, 15) is 19.2 Å². The standard InChI is InChI=1S/C30H41N3O7/c1-5-6-18-40-32-27(34)14-10-11-17-31-28(35)25-16-15-24(19-26(25)29(36)38-4)20-33(22(2)3)30(37)39-21-23-12-8-7-9-13-23/h7-9,12-13,15-16,19,22H,5-6,10-11,14,17-18,20-21H2,1-4H3,(H,31,35)(H,32,34). The van der Waals surface area contributed by atoms with Gasteiger partial charge in [-0.25, -0.2) is 15.1 Å². The number of carbonyl (C=O) groups is 4. The maximum Gasteiger partial charge on any atom is 0.410 e. The summed E-state index contributed by atoms with van der Waals surface area (Å²) in [6, 6.07) is 14.0. The topological polar surface area (TPSA) is 123 Å². The fourth-order valence-electron chi connectivity index (χ4n) is 3.73. The third-order valence-electron chi connectivity index (χ3n) is 6.05. The number of carbonyl (C=O) groups excluding carboxylic acids is 4. The predicted molar refractivity (Wildman–Crippen MR) is 150 cm³/mol. The van der Waals surface area contributed by atoms with Gasteiger partial charge in [0.15, 0.2) is 0 Å². The molecule has 0 unspecified atom stereocenters.